The number of rotatable bonds is 2. The van der Waals surface area contributed by atoms with Crippen molar-refractivity contribution < 1.29 is 4.79 Å². The van der Waals surface area contributed by atoms with Crippen molar-refractivity contribution in [2.45, 2.75) is 32.6 Å². The van der Waals surface area contributed by atoms with E-state index in [4.69, 9.17) is 11.6 Å². The Bertz CT molecular complexity index is 1140. The minimum Gasteiger partial charge on any atom is -0.342 e. The van der Waals surface area contributed by atoms with Crippen LogP contribution in [-0.4, -0.2) is 16.0 Å². The molecule has 2 N–H and O–H groups in total. The maximum atomic E-state index is 13.3. The summed E-state index contributed by atoms with van der Waals surface area (Å²) >= 11 is 6.64. The Labute approximate surface area is 175 Å². The molecule has 2 aliphatic rings. The Balaban J connectivity index is 1.77. The molecule has 5 heteroatoms. The van der Waals surface area contributed by atoms with Gasteiger partial charge in [-0.15, -0.1) is 0 Å². The van der Waals surface area contributed by atoms with Crippen molar-refractivity contribution in [1.82, 2.24) is 10.2 Å². The van der Waals surface area contributed by atoms with E-state index in [2.05, 4.69) is 29.4 Å². The quantitative estimate of drug-likeness (QED) is 0.557. The lowest BCUT2D eigenvalue weighted by Gasteiger charge is -2.38. The standard InChI is InChI=1S/C24H22ClN3O/c1-24(2)12-17-20(18(29)13-24)19(15-10-6-7-11-16(15)25)21-22(27-28-23(21)26-17)14-8-4-3-5-9-14/h3-11,19H,12-13H2,1-2H3,(H2,26,27,28)/t19-/m1/s1. The first-order chi connectivity index (χ1) is 13.9. The molecule has 0 radical (unpaired) electrons. The Morgan fingerprint density at radius 3 is 2.52 bits per heavy atom. The van der Waals surface area contributed by atoms with Crippen LogP contribution in [0.3, 0.4) is 0 Å². The summed E-state index contributed by atoms with van der Waals surface area (Å²) in [6.45, 7) is 4.27. The van der Waals surface area contributed by atoms with Crippen molar-refractivity contribution in [3.63, 3.8) is 0 Å². The van der Waals surface area contributed by atoms with E-state index in [-0.39, 0.29) is 17.1 Å². The molecule has 2 heterocycles. The molecule has 0 saturated carbocycles. The fourth-order valence-corrected chi connectivity index (χ4v) is 4.89. The Kier molecular flexibility index (Phi) is 4.14. The van der Waals surface area contributed by atoms with Crippen LogP contribution in [0.5, 0.6) is 0 Å². The number of aromatic amines is 1. The summed E-state index contributed by atoms with van der Waals surface area (Å²) in [5.74, 6) is 0.713. The fourth-order valence-electron chi connectivity index (χ4n) is 4.64. The summed E-state index contributed by atoms with van der Waals surface area (Å²) in [6.07, 6.45) is 1.34. The summed E-state index contributed by atoms with van der Waals surface area (Å²) in [6, 6.07) is 17.9. The molecule has 1 aliphatic carbocycles. The smallest absolute Gasteiger partial charge is 0.162 e. The minimum absolute atomic E-state index is 0.0793. The zero-order chi connectivity index (χ0) is 20.2. The van der Waals surface area contributed by atoms with Gasteiger partial charge >= 0.3 is 0 Å². The molecule has 0 amide bonds. The van der Waals surface area contributed by atoms with Crippen LogP contribution in [0.4, 0.5) is 5.82 Å². The third kappa shape index (κ3) is 2.99. The molecule has 5 rings (SSSR count). The molecule has 2 aromatic carbocycles. The Morgan fingerprint density at radius 2 is 1.76 bits per heavy atom. The number of carbonyl (C=O) groups is 1. The number of hydrogen-bond donors (Lipinski definition) is 2. The number of nitrogens with one attached hydrogen (secondary N) is 2. The molecule has 0 spiro atoms. The number of anilines is 1. The van der Waals surface area contributed by atoms with Crippen LogP contribution in [0.25, 0.3) is 11.3 Å². The van der Waals surface area contributed by atoms with Crippen molar-refractivity contribution in [1.29, 1.82) is 0 Å². The van der Waals surface area contributed by atoms with Gasteiger partial charge in [0.2, 0.25) is 0 Å². The number of H-pyrrole nitrogens is 1. The number of benzene rings is 2. The zero-order valence-corrected chi connectivity index (χ0v) is 17.2. The molecule has 0 unspecified atom stereocenters. The molecular weight excluding hydrogens is 382 g/mol. The van der Waals surface area contributed by atoms with Crippen LogP contribution in [0.1, 0.15) is 43.7 Å². The molecule has 1 aromatic heterocycles. The highest BCUT2D eigenvalue weighted by Gasteiger charge is 2.43. The van der Waals surface area contributed by atoms with E-state index in [0.29, 0.717) is 11.4 Å². The van der Waals surface area contributed by atoms with Gasteiger partial charge in [0.15, 0.2) is 11.6 Å². The molecule has 4 nitrogen and oxygen atoms in total. The highest BCUT2D eigenvalue weighted by Crippen LogP contribution is 2.51. The van der Waals surface area contributed by atoms with Crippen LogP contribution < -0.4 is 5.32 Å². The monoisotopic (exact) mass is 403 g/mol. The lowest BCUT2D eigenvalue weighted by Crippen LogP contribution is -2.33. The van der Waals surface area contributed by atoms with Crippen LogP contribution in [0, 0.1) is 5.41 Å². The minimum atomic E-state index is -0.243. The van der Waals surface area contributed by atoms with Gasteiger partial charge in [-0.3, -0.25) is 9.89 Å². The molecule has 0 bridgehead atoms. The molecule has 1 atom stereocenters. The SMILES string of the molecule is CC1(C)CC(=O)C2=C(C1)Nc1n[nH]c(-c3ccccc3)c1[C@@H]2c1ccccc1Cl. The third-order valence-electron chi connectivity index (χ3n) is 5.85. The van der Waals surface area contributed by atoms with Gasteiger partial charge in [0.25, 0.3) is 0 Å². The van der Waals surface area contributed by atoms with Gasteiger partial charge in [-0.1, -0.05) is 74.0 Å². The average Bonchev–Trinajstić information content (AvgIpc) is 3.10. The number of ketones is 1. The maximum absolute atomic E-state index is 13.3. The Hall–Kier alpha value is -2.85. The van der Waals surface area contributed by atoms with Crippen LogP contribution >= 0.6 is 11.6 Å². The van der Waals surface area contributed by atoms with Crippen molar-refractivity contribution in [2.24, 2.45) is 5.41 Å². The lowest BCUT2D eigenvalue weighted by atomic mass is 9.69. The summed E-state index contributed by atoms with van der Waals surface area (Å²) in [5, 5.41) is 11.9. The van der Waals surface area contributed by atoms with Gasteiger partial charge in [0.1, 0.15) is 0 Å². The molecule has 3 aromatic rings. The third-order valence-corrected chi connectivity index (χ3v) is 6.19. The van der Waals surface area contributed by atoms with E-state index in [9.17, 15) is 4.79 Å². The number of hydrogen-bond acceptors (Lipinski definition) is 3. The predicted octanol–water partition coefficient (Wildman–Crippen LogP) is 5.93. The topological polar surface area (TPSA) is 57.8 Å². The summed E-state index contributed by atoms with van der Waals surface area (Å²) < 4.78 is 0. The second-order valence-corrected chi connectivity index (χ2v) is 9.05. The van der Waals surface area contributed by atoms with E-state index < -0.39 is 0 Å². The highest BCUT2D eigenvalue weighted by atomic mass is 35.5. The second kappa shape index (κ2) is 6.60. The van der Waals surface area contributed by atoms with E-state index >= 15 is 0 Å². The van der Waals surface area contributed by atoms with Crippen molar-refractivity contribution >= 4 is 23.2 Å². The molecule has 1 aliphatic heterocycles. The largest absolute Gasteiger partial charge is 0.342 e. The first-order valence-corrected chi connectivity index (χ1v) is 10.2. The van der Waals surface area contributed by atoms with Gasteiger partial charge in [-0.05, 0) is 29.0 Å². The fraction of sp³-hybridized carbons (Fsp3) is 0.250. The van der Waals surface area contributed by atoms with Gasteiger partial charge in [0.05, 0.1) is 5.69 Å². The van der Waals surface area contributed by atoms with E-state index in [1.807, 2.05) is 54.6 Å². The predicted molar refractivity (Wildman–Crippen MR) is 116 cm³/mol. The summed E-state index contributed by atoms with van der Waals surface area (Å²) in [5.41, 5.74) is 5.59. The van der Waals surface area contributed by atoms with Gasteiger partial charge in [-0.25, -0.2) is 0 Å². The van der Waals surface area contributed by atoms with Crippen molar-refractivity contribution in [2.75, 3.05) is 5.32 Å². The van der Waals surface area contributed by atoms with E-state index in [1.54, 1.807) is 0 Å². The van der Waals surface area contributed by atoms with Crippen molar-refractivity contribution in [3.05, 3.63) is 82.0 Å². The van der Waals surface area contributed by atoms with Crippen LogP contribution in [-0.2, 0) is 4.79 Å². The first kappa shape index (κ1) is 18.2. The van der Waals surface area contributed by atoms with Gasteiger partial charge < -0.3 is 5.32 Å². The number of carbonyl (C=O) groups excluding carboxylic acids is 1. The lowest BCUT2D eigenvalue weighted by molar-refractivity contribution is -0.118. The molecule has 29 heavy (non-hydrogen) atoms. The zero-order valence-electron chi connectivity index (χ0n) is 16.4. The number of halogens is 1. The van der Waals surface area contributed by atoms with Gasteiger partial charge in [0, 0.05) is 34.2 Å². The van der Waals surface area contributed by atoms with Crippen molar-refractivity contribution in [3.8, 4) is 11.3 Å². The number of Topliss-reactive ketones (excluding diaryl/α,β-unsaturated/α-hetero) is 1. The molecule has 146 valence electrons. The van der Waals surface area contributed by atoms with Crippen LogP contribution in [0.15, 0.2) is 65.9 Å². The van der Waals surface area contributed by atoms with E-state index in [1.165, 1.54) is 0 Å². The number of nitrogens with zero attached hydrogens (tertiary/aromatic N) is 1. The van der Waals surface area contributed by atoms with Gasteiger partial charge in [-0.2, -0.15) is 5.10 Å². The Morgan fingerprint density at radius 1 is 1.03 bits per heavy atom. The number of allylic oxidation sites excluding steroid dienone is 2. The number of aromatic nitrogens is 2. The number of fused-ring (bicyclic) bond motifs is 1. The molecule has 0 fully saturated rings. The van der Waals surface area contributed by atoms with E-state index in [0.717, 1.165) is 45.9 Å². The summed E-state index contributed by atoms with van der Waals surface area (Å²) in [7, 11) is 0. The van der Waals surface area contributed by atoms with Crippen LogP contribution in [0.2, 0.25) is 5.02 Å². The average molecular weight is 404 g/mol. The second-order valence-electron chi connectivity index (χ2n) is 8.64. The maximum Gasteiger partial charge on any atom is 0.162 e. The molecular formula is C24H22ClN3O. The normalized spacial score (nSPS) is 20.1. The molecule has 0 saturated heterocycles. The highest BCUT2D eigenvalue weighted by molar-refractivity contribution is 6.31. The first-order valence-electron chi connectivity index (χ1n) is 9.86. The summed E-state index contributed by atoms with van der Waals surface area (Å²) in [4.78, 5) is 13.3.